The average molecular weight is 272 g/mol. The number of aromatic carboxylic acids is 1. The van der Waals surface area contributed by atoms with Gasteiger partial charge in [0.1, 0.15) is 0 Å². The molecule has 0 amide bonds. The fourth-order valence-corrected chi connectivity index (χ4v) is 1.95. The third-order valence-electron chi connectivity index (χ3n) is 3.19. The van der Waals surface area contributed by atoms with Crippen LogP contribution in [0.15, 0.2) is 35.3 Å². The Morgan fingerprint density at radius 3 is 2.35 bits per heavy atom. The number of nitrogens with zero attached hydrogens (tertiary/aromatic N) is 2. The molecule has 0 aliphatic rings. The van der Waals surface area contributed by atoms with E-state index in [4.69, 9.17) is 5.11 Å². The lowest BCUT2D eigenvalue weighted by Gasteiger charge is -2.09. The minimum Gasteiger partial charge on any atom is -0.476 e. The number of hydrogen-bond donors (Lipinski definition) is 1. The molecule has 0 atom stereocenters. The van der Waals surface area contributed by atoms with Crippen LogP contribution in [-0.4, -0.2) is 20.9 Å². The Bertz CT molecular complexity index is 687. The molecule has 2 aromatic rings. The van der Waals surface area contributed by atoms with Crippen LogP contribution in [0.2, 0.25) is 0 Å². The van der Waals surface area contributed by atoms with Gasteiger partial charge >= 0.3 is 5.97 Å². The zero-order valence-electron chi connectivity index (χ0n) is 11.5. The zero-order valence-corrected chi connectivity index (χ0v) is 11.5. The van der Waals surface area contributed by atoms with Crippen molar-refractivity contribution in [3.8, 4) is 5.69 Å². The van der Waals surface area contributed by atoms with Crippen LogP contribution in [0.3, 0.4) is 0 Å². The van der Waals surface area contributed by atoms with E-state index < -0.39 is 17.1 Å². The summed E-state index contributed by atoms with van der Waals surface area (Å²) in [6.07, 6.45) is 2.99. The van der Waals surface area contributed by atoms with Crippen molar-refractivity contribution in [3.05, 3.63) is 57.5 Å². The van der Waals surface area contributed by atoms with E-state index in [0.29, 0.717) is 12.0 Å². The summed E-state index contributed by atoms with van der Waals surface area (Å²) in [6, 6.07) is 7.64. The minimum absolute atomic E-state index is 0.441. The molecule has 0 saturated heterocycles. The molecule has 0 radical (unpaired) electrons. The number of carbonyl (C=O) groups is 1. The van der Waals surface area contributed by atoms with Crippen LogP contribution in [0.5, 0.6) is 0 Å². The van der Waals surface area contributed by atoms with Gasteiger partial charge in [0.25, 0.3) is 0 Å². The highest BCUT2D eigenvalue weighted by atomic mass is 16.4. The summed E-state index contributed by atoms with van der Waals surface area (Å²) in [4.78, 5) is 23.0. The van der Waals surface area contributed by atoms with Crippen LogP contribution in [0.4, 0.5) is 0 Å². The molecule has 0 unspecified atom stereocenters. The molecule has 104 valence electrons. The molecular weight excluding hydrogens is 256 g/mol. The quantitative estimate of drug-likeness (QED) is 0.924. The third-order valence-corrected chi connectivity index (χ3v) is 3.19. The second-order valence-corrected chi connectivity index (χ2v) is 4.46. The molecule has 2 rings (SSSR count). The molecular formula is C15H16N2O3. The largest absolute Gasteiger partial charge is 0.476 e. The predicted molar refractivity (Wildman–Crippen MR) is 75.5 cm³/mol. The summed E-state index contributed by atoms with van der Waals surface area (Å²) in [5, 5.41) is 13.0. The number of rotatable bonds is 4. The highest BCUT2D eigenvalue weighted by Gasteiger charge is 2.15. The lowest BCUT2D eigenvalue weighted by atomic mass is 10.1. The topological polar surface area (TPSA) is 72.2 Å². The molecule has 0 spiro atoms. The Labute approximate surface area is 116 Å². The van der Waals surface area contributed by atoms with Crippen molar-refractivity contribution >= 4 is 5.97 Å². The van der Waals surface area contributed by atoms with Gasteiger partial charge in [0.2, 0.25) is 11.1 Å². The number of carboxylic acid groups (broad SMARTS) is 1. The summed E-state index contributed by atoms with van der Waals surface area (Å²) in [5.74, 6) is -1.30. The zero-order chi connectivity index (χ0) is 14.7. The van der Waals surface area contributed by atoms with Crippen molar-refractivity contribution in [1.29, 1.82) is 0 Å². The summed E-state index contributed by atoms with van der Waals surface area (Å²) >= 11 is 0. The smallest absolute Gasteiger partial charge is 0.360 e. The van der Waals surface area contributed by atoms with Gasteiger partial charge in [-0.25, -0.2) is 9.48 Å². The van der Waals surface area contributed by atoms with Crippen molar-refractivity contribution < 1.29 is 9.90 Å². The van der Waals surface area contributed by atoms with E-state index in [9.17, 15) is 9.59 Å². The molecule has 20 heavy (non-hydrogen) atoms. The molecule has 0 aliphatic heterocycles. The van der Waals surface area contributed by atoms with Gasteiger partial charge < -0.3 is 5.11 Å². The highest BCUT2D eigenvalue weighted by Crippen LogP contribution is 2.10. The average Bonchev–Trinajstić information content (AvgIpc) is 2.47. The molecule has 0 fully saturated rings. The fraction of sp³-hybridized carbons (Fsp3) is 0.267. The van der Waals surface area contributed by atoms with E-state index in [-0.39, 0.29) is 0 Å². The molecule has 1 heterocycles. The fourth-order valence-electron chi connectivity index (χ4n) is 1.95. The second kappa shape index (κ2) is 5.69. The van der Waals surface area contributed by atoms with Crippen LogP contribution < -0.4 is 5.43 Å². The van der Waals surface area contributed by atoms with Gasteiger partial charge in [-0.1, -0.05) is 26.0 Å². The number of aryl methyl sites for hydroxylation is 2. The van der Waals surface area contributed by atoms with Crippen LogP contribution in [0.25, 0.3) is 5.69 Å². The summed E-state index contributed by atoms with van der Waals surface area (Å²) in [6.45, 7) is 3.87. The van der Waals surface area contributed by atoms with Gasteiger partial charge in [0.15, 0.2) is 0 Å². The van der Waals surface area contributed by atoms with Gasteiger partial charge in [-0.15, -0.1) is 0 Å². The first-order valence-electron chi connectivity index (χ1n) is 6.52. The Hall–Kier alpha value is -2.43. The van der Waals surface area contributed by atoms with E-state index in [1.165, 1.54) is 10.2 Å². The maximum absolute atomic E-state index is 11.9. The first-order valence-corrected chi connectivity index (χ1v) is 6.52. The van der Waals surface area contributed by atoms with Gasteiger partial charge in [-0.3, -0.25) is 4.79 Å². The maximum Gasteiger partial charge on any atom is 0.360 e. The molecule has 1 N–H and O–H groups in total. The van der Waals surface area contributed by atoms with Crippen molar-refractivity contribution in [2.24, 2.45) is 0 Å². The van der Waals surface area contributed by atoms with E-state index in [1.54, 1.807) is 6.20 Å². The number of carboxylic acids is 1. The highest BCUT2D eigenvalue weighted by molar-refractivity contribution is 5.85. The van der Waals surface area contributed by atoms with Crippen molar-refractivity contribution in [3.63, 3.8) is 0 Å². The lowest BCUT2D eigenvalue weighted by Crippen LogP contribution is -2.24. The molecule has 0 bridgehead atoms. The molecule has 5 heteroatoms. The van der Waals surface area contributed by atoms with Gasteiger partial charge in [0.05, 0.1) is 5.69 Å². The Balaban J connectivity index is 2.58. The standard InChI is InChI=1S/C15H16N2O3/c1-3-10-5-7-12(8-6-10)17-9-11(4-2)14(18)13(16-17)15(19)20/h5-9H,3-4H2,1-2H3,(H,19,20). The Kier molecular flexibility index (Phi) is 3.98. The first-order chi connectivity index (χ1) is 9.56. The van der Waals surface area contributed by atoms with Gasteiger partial charge in [-0.2, -0.15) is 5.10 Å². The Morgan fingerprint density at radius 2 is 1.85 bits per heavy atom. The SMILES string of the molecule is CCc1ccc(-n2cc(CC)c(=O)c(C(=O)O)n2)cc1. The normalized spacial score (nSPS) is 10.5. The molecule has 5 nitrogen and oxygen atoms in total. The predicted octanol–water partition coefficient (Wildman–Crippen LogP) is 2.06. The maximum atomic E-state index is 11.9. The van der Waals surface area contributed by atoms with Crippen LogP contribution >= 0.6 is 0 Å². The molecule has 0 aliphatic carbocycles. The Morgan fingerprint density at radius 1 is 1.20 bits per heavy atom. The summed E-state index contributed by atoms with van der Waals surface area (Å²) < 4.78 is 1.45. The van der Waals surface area contributed by atoms with Crippen molar-refractivity contribution in [1.82, 2.24) is 9.78 Å². The van der Waals surface area contributed by atoms with E-state index in [2.05, 4.69) is 12.0 Å². The second-order valence-electron chi connectivity index (χ2n) is 4.46. The van der Waals surface area contributed by atoms with Gasteiger partial charge in [0, 0.05) is 11.8 Å². The van der Waals surface area contributed by atoms with Crippen molar-refractivity contribution in [2.75, 3.05) is 0 Å². The van der Waals surface area contributed by atoms with E-state index in [0.717, 1.165) is 12.1 Å². The molecule has 0 saturated carbocycles. The number of hydrogen-bond acceptors (Lipinski definition) is 3. The number of aromatic nitrogens is 2. The van der Waals surface area contributed by atoms with Crippen LogP contribution in [-0.2, 0) is 12.8 Å². The third kappa shape index (κ3) is 2.61. The molecule has 1 aromatic carbocycles. The first kappa shape index (κ1) is 14.0. The lowest BCUT2D eigenvalue weighted by molar-refractivity contribution is 0.0686. The number of benzene rings is 1. The summed E-state index contributed by atoms with van der Waals surface area (Å²) in [7, 11) is 0. The van der Waals surface area contributed by atoms with Gasteiger partial charge in [-0.05, 0) is 30.5 Å². The summed E-state index contributed by atoms with van der Waals surface area (Å²) in [5.41, 5.74) is 1.41. The van der Waals surface area contributed by atoms with Crippen LogP contribution in [0, 0.1) is 0 Å². The molecule has 1 aromatic heterocycles. The van der Waals surface area contributed by atoms with Crippen LogP contribution in [0.1, 0.15) is 35.5 Å². The van der Waals surface area contributed by atoms with Crippen molar-refractivity contribution in [2.45, 2.75) is 26.7 Å². The minimum atomic E-state index is -1.30. The monoisotopic (exact) mass is 272 g/mol. The van der Waals surface area contributed by atoms with E-state index >= 15 is 0 Å². The van der Waals surface area contributed by atoms with E-state index in [1.807, 2.05) is 31.2 Å².